The summed E-state index contributed by atoms with van der Waals surface area (Å²) in [5.41, 5.74) is 7.93. The summed E-state index contributed by atoms with van der Waals surface area (Å²) in [6.07, 6.45) is 7.59. The van der Waals surface area contributed by atoms with Crippen LogP contribution in [0.15, 0.2) is 29.0 Å². The molecule has 0 radical (unpaired) electrons. The number of hydrogen-bond donors (Lipinski definition) is 1. The Balaban J connectivity index is 1.77. The third-order valence-electron chi connectivity index (χ3n) is 4.40. The average molecular weight is 241 g/mol. The molecular formula is C14H15N3O. The smallest absolute Gasteiger partial charge is 0.175 e. The number of pyridine rings is 1. The number of rotatable bonds is 2. The maximum Gasteiger partial charge on any atom is 0.175 e. The fourth-order valence-corrected chi connectivity index (χ4v) is 3.55. The number of hydrogen-bond acceptors (Lipinski definition) is 4. The third kappa shape index (κ3) is 1.32. The van der Waals surface area contributed by atoms with Gasteiger partial charge >= 0.3 is 0 Å². The van der Waals surface area contributed by atoms with Gasteiger partial charge in [-0.2, -0.15) is 0 Å². The summed E-state index contributed by atoms with van der Waals surface area (Å²) in [4.78, 5) is 4.15. The molecule has 2 aliphatic carbocycles. The topological polar surface area (TPSA) is 64.9 Å². The number of aromatic nitrogens is 2. The number of fused-ring (bicyclic) bond motifs is 1. The van der Waals surface area contributed by atoms with E-state index < -0.39 is 0 Å². The molecule has 4 heteroatoms. The van der Waals surface area contributed by atoms with Crippen molar-refractivity contribution in [2.24, 2.45) is 11.8 Å². The van der Waals surface area contributed by atoms with Crippen LogP contribution >= 0.6 is 0 Å². The van der Waals surface area contributed by atoms with Crippen molar-refractivity contribution in [2.75, 3.05) is 5.73 Å². The minimum absolute atomic E-state index is 0.489. The molecule has 2 aliphatic rings. The van der Waals surface area contributed by atoms with Gasteiger partial charge in [-0.25, -0.2) is 0 Å². The molecule has 0 aromatic carbocycles. The summed E-state index contributed by atoms with van der Waals surface area (Å²) in [5.74, 6) is 3.61. The van der Waals surface area contributed by atoms with E-state index in [1.807, 2.05) is 18.3 Å². The van der Waals surface area contributed by atoms with Gasteiger partial charge in [0.1, 0.15) is 5.76 Å². The minimum atomic E-state index is 0.489. The molecule has 0 bridgehead atoms. The molecule has 0 saturated heterocycles. The molecule has 0 amide bonds. The van der Waals surface area contributed by atoms with Crippen LogP contribution in [-0.2, 0) is 0 Å². The zero-order valence-corrected chi connectivity index (χ0v) is 10.0. The predicted molar refractivity (Wildman–Crippen MR) is 67.7 cm³/mol. The maximum absolute atomic E-state index is 5.96. The standard InChI is InChI=1S/C14H15N3O/c15-14-11(8-3-2-6-16-7-8)13(18-17-14)12-9-4-1-5-10(9)12/h2-3,6-7,9-10,12H,1,4-5H2,(H2,15,17). The molecule has 2 aromatic heterocycles. The van der Waals surface area contributed by atoms with E-state index in [1.54, 1.807) is 6.20 Å². The molecule has 4 nitrogen and oxygen atoms in total. The quantitative estimate of drug-likeness (QED) is 0.878. The Morgan fingerprint density at radius 2 is 2.11 bits per heavy atom. The van der Waals surface area contributed by atoms with Crippen molar-refractivity contribution in [1.82, 2.24) is 10.1 Å². The van der Waals surface area contributed by atoms with E-state index in [-0.39, 0.29) is 0 Å². The normalized spacial score (nSPS) is 29.2. The highest BCUT2D eigenvalue weighted by molar-refractivity contribution is 5.75. The third-order valence-corrected chi connectivity index (χ3v) is 4.40. The number of anilines is 1. The van der Waals surface area contributed by atoms with Crippen LogP contribution in [0.25, 0.3) is 11.1 Å². The first-order chi connectivity index (χ1) is 8.86. The van der Waals surface area contributed by atoms with Gasteiger partial charge in [0.2, 0.25) is 0 Å². The van der Waals surface area contributed by atoms with Gasteiger partial charge in [-0.15, -0.1) is 0 Å². The predicted octanol–water partition coefficient (Wildman–Crippen LogP) is 2.83. The number of nitrogens with zero attached hydrogens (tertiary/aromatic N) is 2. The average Bonchev–Trinajstić information content (AvgIpc) is 2.79. The van der Waals surface area contributed by atoms with Gasteiger partial charge in [0.05, 0.1) is 5.56 Å². The largest absolute Gasteiger partial charge is 0.380 e. The highest BCUT2D eigenvalue weighted by Gasteiger charge is 2.56. The SMILES string of the molecule is Nc1noc(C2C3CCCC32)c1-c1cccnc1. The lowest BCUT2D eigenvalue weighted by atomic mass is 10.0. The zero-order chi connectivity index (χ0) is 12.1. The first-order valence-electron chi connectivity index (χ1n) is 6.51. The van der Waals surface area contributed by atoms with Crippen LogP contribution in [0, 0.1) is 11.8 Å². The monoisotopic (exact) mass is 241 g/mol. The van der Waals surface area contributed by atoms with E-state index in [9.17, 15) is 0 Å². The Bertz CT molecular complexity index is 568. The molecule has 2 aromatic rings. The lowest BCUT2D eigenvalue weighted by molar-refractivity contribution is 0.376. The fraction of sp³-hybridized carbons (Fsp3) is 0.429. The van der Waals surface area contributed by atoms with Crippen molar-refractivity contribution < 1.29 is 4.52 Å². The van der Waals surface area contributed by atoms with Gasteiger partial charge in [-0.05, 0) is 30.7 Å². The van der Waals surface area contributed by atoms with Gasteiger partial charge in [0.25, 0.3) is 0 Å². The summed E-state index contributed by atoms with van der Waals surface area (Å²) in [6.45, 7) is 0. The Labute approximate surface area is 105 Å². The van der Waals surface area contributed by atoms with Crippen LogP contribution in [-0.4, -0.2) is 10.1 Å². The van der Waals surface area contributed by atoms with Crippen molar-refractivity contribution in [3.63, 3.8) is 0 Å². The molecule has 2 N–H and O–H groups in total. The highest BCUT2D eigenvalue weighted by atomic mass is 16.5. The molecule has 2 unspecified atom stereocenters. The van der Waals surface area contributed by atoms with Crippen LogP contribution in [0.1, 0.15) is 30.9 Å². The summed E-state index contributed by atoms with van der Waals surface area (Å²) in [6, 6.07) is 3.93. The first-order valence-corrected chi connectivity index (χ1v) is 6.51. The van der Waals surface area contributed by atoms with E-state index in [0.29, 0.717) is 11.7 Å². The molecular weight excluding hydrogens is 226 g/mol. The lowest BCUT2D eigenvalue weighted by Gasteiger charge is -2.03. The summed E-state index contributed by atoms with van der Waals surface area (Å²) in [5, 5.41) is 3.96. The van der Waals surface area contributed by atoms with Crippen molar-refractivity contribution in [3.8, 4) is 11.1 Å². The van der Waals surface area contributed by atoms with Gasteiger partial charge in [-0.3, -0.25) is 4.98 Å². The minimum Gasteiger partial charge on any atom is -0.380 e. The van der Waals surface area contributed by atoms with Crippen LogP contribution in [0.3, 0.4) is 0 Å². The maximum atomic E-state index is 5.96. The molecule has 2 fully saturated rings. The second kappa shape index (κ2) is 3.57. The molecule has 2 atom stereocenters. The van der Waals surface area contributed by atoms with Crippen LogP contribution in [0.5, 0.6) is 0 Å². The van der Waals surface area contributed by atoms with E-state index in [0.717, 1.165) is 28.7 Å². The Kier molecular flexibility index (Phi) is 2.01. The molecule has 2 saturated carbocycles. The lowest BCUT2D eigenvalue weighted by Crippen LogP contribution is -1.92. The summed E-state index contributed by atoms with van der Waals surface area (Å²) < 4.78 is 5.51. The molecule has 92 valence electrons. The second-order valence-electron chi connectivity index (χ2n) is 5.33. The van der Waals surface area contributed by atoms with Gasteiger partial charge < -0.3 is 10.3 Å². The van der Waals surface area contributed by atoms with E-state index in [2.05, 4.69) is 10.1 Å². The Hall–Kier alpha value is -1.84. The summed E-state index contributed by atoms with van der Waals surface area (Å²) >= 11 is 0. The van der Waals surface area contributed by atoms with Crippen LogP contribution < -0.4 is 5.73 Å². The Morgan fingerprint density at radius 3 is 2.83 bits per heavy atom. The molecule has 0 spiro atoms. The number of nitrogens with two attached hydrogens (primary N) is 1. The summed E-state index contributed by atoms with van der Waals surface area (Å²) in [7, 11) is 0. The van der Waals surface area contributed by atoms with Crippen molar-refractivity contribution in [3.05, 3.63) is 30.3 Å². The second-order valence-corrected chi connectivity index (χ2v) is 5.33. The van der Waals surface area contributed by atoms with E-state index >= 15 is 0 Å². The van der Waals surface area contributed by atoms with Gasteiger partial charge in [0.15, 0.2) is 5.82 Å². The Morgan fingerprint density at radius 1 is 1.28 bits per heavy atom. The zero-order valence-electron chi connectivity index (χ0n) is 10.0. The van der Waals surface area contributed by atoms with Crippen molar-refractivity contribution >= 4 is 5.82 Å². The van der Waals surface area contributed by atoms with Crippen LogP contribution in [0.2, 0.25) is 0 Å². The van der Waals surface area contributed by atoms with E-state index in [4.69, 9.17) is 10.3 Å². The fourth-order valence-electron chi connectivity index (χ4n) is 3.55. The van der Waals surface area contributed by atoms with E-state index in [1.165, 1.54) is 19.3 Å². The van der Waals surface area contributed by atoms with Gasteiger partial charge in [0, 0.05) is 23.9 Å². The number of nitrogen functional groups attached to an aromatic ring is 1. The molecule has 2 heterocycles. The molecule has 18 heavy (non-hydrogen) atoms. The molecule has 4 rings (SSSR count). The first kappa shape index (κ1) is 10.1. The van der Waals surface area contributed by atoms with Crippen molar-refractivity contribution in [2.45, 2.75) is 25.2 Å². The van der Waals surface area contributed by atoms with Crippen molar-refractivity contribution in [1.29, 1.82) is 0 Å². The van der Waals surface area contributed by atoms with Gasteiger partial charge in [-0.1, -0.05) is 17.6 Å². The highest BCUT2D eigenvalue weighted by Crippen LogP contribution is 2.64. The molecule has 0 aliphatic heterocycles. The van der Waals surface area contributed by atoms with Crippen LogP contribution in [0.4, 0.5) is 5.82 Å².